The Kier molecular flexibility index (Phi) is 3.97. The lowest BCUT2D eigenvalue weighted by Crippen LogP contribution is -2.35. The molecule has 1 unspecified atom stereocenters. The molecule has 1 fully saturated rings. The van der Waals surface area contributed by atoms with Crippen LogP contribution >= 0.6 is 0 Å². The zero-order valence-electron chi connectivity index (χ0n) is 12.4. The molecule has 1 aliphatic rings. The van der Waals surface area contributed by atoms with Crippen LogP contribution in [-0.2, 0) is 11.3 Å². The number of amides is 1. The molecule has 21 heavy (non-hydrogen) atoms. The van der Waals surface area contributed by atoms with Crippen molar-refractivity contribution < 1.29 is 9.90 Å². The Balaban J connectivity index is 1.55. The van der Waals surface area contributed by atoms with Gasteiger partial charge in [0, 0.05) is 38.3 Å². The average Bonchev–Trinajstić information content (AvgIpc) is 3.26. The summed E-state index contributed by atoms with van der Waals surface area (Å²) in [5.74, 6) is 0.501. The fourth-order valence-electron chi connectivity index (χ4n) is 2.76. The van der Waals surface area contributed by atoms with Crippen LogP contribution in [0.3, 0.4) is 0 Å². The molecule has 1 aromatic heterocycles. The van der Waals surface area contributed by atoms with E-state index in [9.17, 15) is 9.90 Å². The van der Waals surface area contributed by atoms with Crippen molar-refractivity contribution in [2.24, 2.45) is 5.92 Å². The number of hydrogen-bond donors (Lipinski definition) is 1. The van der Waals surface area contributed by atoms with Crippen LogP contribution in [-0.4, -0.2) is 40.2 Å². The molecule has 0 spiro atoms. The van der Waals surface area contributed by atoms with Gasteiger partial charge < -0.3 is 14.6 Å². The van der Waals surface area contributed by atoms with Crippen molar-refractivity contribution in [3.8, 4) is 0 Å². The number of aliphatic hydroxyl groups excluding tert-OH is 1. The highest BCUT2D eigenvalue weighted by Crippen LogP contribution is 2.32. The molecule has 1 N–H and O–H groups in total. The van der Waals surface area contributed by atoms with Crippen molar-refractivity contribution >= 4 is 16.8 Å². The molecular formula is C17H22N2O2. The lowest BCUT2D eigenvalue weighted by Gasteiger charge is -2.21. The standard InChI is InChI=1S/C17H22N2O2/c1-18(12-16(20)14-6-7-14)17(21)9-11-19-10-8-13-4-2-3-5-15(13)19/h2-5,8,10,14,16,20H,6-7,9,11-12H2,1H3. The van der Waals surface area contributed by atoms with Crippen LogP contribution in [0.25, 0.3) is 10.9 Å². The van der Waals surface area contributed by atoms with E-state index in [1.54, 1.807) is 11.9 Å². The van der Waals surface area contributed by atoms with Crippen LogP contribution in [0.2, 0.25) is 0 Å². The van der Waals surface area contributed by atoms with Gasteiger partial charge in [0.2, 0.25) is 5.91 Å². The summed E-state index contributed by atoms with van der Waals surface area (Å²) in [4.78, 5) is 13.8. The highest BCUT2D eigenvalue weighted by Gasteiger charge is 2.30. The van der Waals surface area contributed by atoms with Gasteiger partial charge in [-0.3, -0.25) is 4.79 Å². The Labute approximate surface area is 125 Å². The van der Waals surface area contributed by atoms with Crippen molar-refractivity contribution in [1.82, 2.24) is 9.47 Å². The van der Waals surface area contributed by atoms with Crippen molar-refractivity contribution in [2.75, 3.05) is 13.6 Å². The first-order chi connectivity index (χ1) is 10.1. The number of carbonyl (C=O) groups is 1. The van der Waals surface area contributed by atoms with Gasteiger partial charge in [-0.15, -0.1) is 0 Å². The van der Waals surface area contributed by atoms with Gasteiger partial charge in [-0.1, -0.05) is 18.2 Å². The molecule has 4 nitrogen and oxygen atoms in total. The molecule has 0 bridgehead atoms. The van der Waals surface area contributed by atoms with E-state index in [2.05, 4.69) is 22.8 Å². The van der Waals surface area contributed by atoms with E-state index in [0.29, 0.717) is 25.4 Å². The highest BCUT2D eigenvalue weighted by molar-refractivity contribution is 5.80. The zero-order chi connectivity index (χ0) is 14.8. The Bertz CT molecular complexity index is 631. The van der Waals surface area contributed by atoms with Crippen LogP contribution in [0.5, 0.6) is 0 Å². The normalized spacial score (nSPS) is 16.1. The van der Waals surface area contributed by atoms with E-state index in [-0.39, 0.29) is 12.0 Å². The minimum Gasteiger partial charge on any atom is -0.391 e. The van der Waals surface area contributed by atoms with Crippen LogP contribution in [0.1, 0.15) is 19.3 Å². The van der Waals surface area contributed by atoms with Crippen molar-refractivity contribution in [3.05, 3.63) is 36.5 Å². The second-order valence-electron chi connectivity index (χ2n) is 6.00. The molecule has 1 saturated carbocycles. The molecule has 0 aliphatic heterocycles. The molecule has 1 aromatic carbocycles. The number of carbonyl (C=O) groups excluding carboxylic acids is 1. The summed E-state index contributed by atoms with van der Waals surface area (Å²) < 4.78 is 2.11. The zero-order valence-corrected chi connectivity index (χ0v) is 12.4. The number of likely N-dealkylation sites (N-methyl/N-ethyl adjacent to an activating group) is 1. The van der Waals surface area contributed by atoms with Gasteiger partial charge >= 0.3 is 0 Å². The molecule has 1 atom stereocenters. The monoisotopic (exact) mass is 286 g/mol. The van der Waals surface area contributed by atoms with Crippen LogP contribution < -0.4 is 0 Å². The van der Waals surface area contributed by atoms with Gasteiger partial charge in [-0.05, 0) is 36.3 Å². The first-order valence-electron chi connectivity index (χ1n) is 7.61. The Morgan fingerprint density at radius 1 is 1.38 bits per heavy atom. The number of fused-ring (bicyclic) bond motifs is 1. The SMILES string of the molecule is CN(CC(O)C1CC1)C(=O)CCn1ccc2ccccc21. The summed E-state index contributed by atoms with van der Waals surface area (Å²) >= 11 is 0. The van der Waals surface area contributed by atoms with Gasteiger partial charge in [0.25, 0.3) is 0 Å². The second-order valence-corrected chi connectivity index (χ2v) is 6.00. The topological polar surface area (TPSA) is 45.5 Å². The molecule has 1 aliphatic carbocycles. The molecule has 0 radical (unpaired) electrons. The largest absolute Gasteiger partial charge is 0.391 e. The maximum Gasteiger partial charge on any atom is 0.224 e. The maximum absolute atomic E-state index is 12.2. The van der Waals surface area contributed by atoms with E-state index in [1.165, 1.54) is 5.39 Å². The minimum absolute atomic E-state index is 0.0903. The predicted molar refractivity (Wildman–Crippen MR) is 82.9 cm³/mol. The van der Waals surface area contributed by atoms with E-state index >= 15 is 0 Å². The van der Waals surface area contributed by atoms with Crippen molar-refractivity contribution in [2.45, 2.75) is 31.9 Å². The lowest BCUT2D eigenvalue weighted by atomic mass is 10.2. The summed E-state index contributed by atoms with van der Waals surface area (Å²) in [6, 6.07) is 10.2. The number of para-hydroxylation sites is 1. The molecule has 2 aromatic rings. The van der Waals surface area contributed by atoms with Crippen molar-refractivity contribution in [1.29, 1.82) is 0 Å². The van der Waals surface area contributed by atoms with Crippen molar-refractivity contribution in [3.63, 3.8) is 0 Å². The number of nitrogens with zero attached hydrogens (tertiary/aromatic N) is 2. The number of benzene rings is 1. The lowest BCUT2D eigenvalue weighted by molar-refractivity contribution is -0.131. The van der Waals surface area contributed by atoms with E-state index in [4.69, 9.17) is 0 Å². The number of aliphatic hydroxyl groups is 1. The second kappa shape index (κ2) is 5.90. The Morgan fingerprint density at radius 2 is 2.14 bits per heavy atom. The van der Waals surface area contributed by atoms with Crippen LogP contribution in [0, 0.1) is 5.92 Å². The van der Waals surface area contributed by atoms with Crippen LogP contribution in [0.15, 0.2) is 36.5 Å². The fraction of sp³-hybridized carbons (Fsp3) is 0.471. The maximum atomic E-state index is 12.2. The number of aryl methyl sites for hydroxylation is 1. The predicted octanol–water partition coefficient (Wildman–Crippen LogP) is 2.26. The molecule has 4 heteroatoms. The van der Waals surface area contributed by atoms with Gasteiger partial charge in [0.1, 0.15) is 0 Å². The molecular weight excluding hydrogens is 264 g/mol. The number of aromatic nitrogens is 1. The molecule has 112 valence electrons. The third-order valence-corrected chi connectivity index (χ3v) is 4.30. The van der Waals surface area contributed by atoms with Gasteiger partial charge in [0.05, 0.1) is 6.10 Å². The number of rotatable bonds is 6. The number of hydrogen-bond acceptors (Lipinski definition) is 2. The quantitative estimate of drug-likeness (QED) is 0.885. The third kappa shape index (κ3) is 3.27. The highest BCUT2D eigenvalue weighted by atomic mass is 16.3. The summed E-state index contributed by atoms with van der Waals surface area (Å²) in [5.41, 5.74) is 1.16. The van der Waals surface area contributed by atoms with Crippen LogP contribution in [0.4, 0.5) is 0 Å². The summed E-state index contributed by atoms with van der Waals surface area (Å²) in [5, 5.41) is 11.1. The van der Waals surface area contributed by atoms with Gasteiger partial charge in [-0.25, -0.2) is 0 Å². The minimum atomic E-state index is -0.355. The third-order valence-electron chi connectivity index (χ3n) is 4.30. The molecule has 1 heterocycles. The van der Waals surface area contributed by atoms with Gasteiger partial charge in [-0.2, -0.15) is 0 Å². The summed E-state index contributed by atoms with van der Waals surface area (Å²) in [6.07, 6.45) is 4.33. The van der Waals surface area contributed by atoms with Gasteiger partial charge in [0.15, 0.2) is 0 Å². The molecule has 1 amide bonds. The van der Waals surface area contributed by atoms with E-state index in [0.717, 1.165) is 18.4 Å². The average molecular weight is 286 g/mol. The smallest absolute Gasteiger partial charge is 0.224 e. The fourth-order valence-corrected chi connectivity index (χ4v) is 2.76. The summed E-state index contributed by atoms with van der Waals surface area (Å²) in [6.45, 7) is 1.13. The Morgan fingerprint density at radius 3 is 2.90 bits per heavy atom. The molecule has 3 rings (SSSR count). The van der Waals surface area contributed by atoms with E-state index in [1.807, 2.05) is 18.3 Å². The first kappa shape index (κ1) is 14.1. The first-order valence-corrected chi connectivity index (χ1v) is 7.61. The molecule has 0 saturated heterocycles. The van der Waals surface area contributed by atoms with E-state index < -0.39 is 0 Å². The summed E-state index contributed by atoms with van der Waals surface area (Å²) in [7, 11) is 1.78. The Hall–Kier alpha value is -1.81.